The molecule has 0 fully saturated rings. The van der Waals surface area contributed by atoms with Crippen LogP contribution in [0.2, 0.25) is 10.0 Å². The third-order valence-electron chi connectivity index (χ3n) is 2.66. The van der Waals surface area contributed by atoms with E-state index in [2.05, 4.69) is 20.7 Å². The Hall–Kier alpha value is -1.73. The number of carboxylic acids is 1. The molecule has 1 aromatic carbocycles. The molecule has 9 heteroatoms. The molecule has 1 aliphatic rings. The second-order valence-electron chi connectivity index (χ2n) is 4.24. The number of benzene rings is 1. The Morgan fingerprint density at radius 3 is 2.60 bits per heavy atom. The van der Waals surface area contributed by atoms with Gasteiger partial charge in [-0.15, -0.1) is 10.2 Å². The number of carboxylic acid groups (broad SMARTS) is 1. The fraction of sp³-hybridized carbons (Fsp3) is 0.364. The molecule has 1 aromatic rings. The first-order valence-electron chi connectivity index (χ1n) is 5.61. The Balaban J connectivity index is 2.09. The summed E-state index contributed by atoms with van der Waals surface area (Å²) in [6, 6.07) is 2.74. The molecular weight excluding hydrogens is 307 g/mol. The molecule has 0 aliphatic carbocycles. The van der Waals surface area contributed by atoms with Crippen LogP contribution in [0.5, 0.6) is 5.75 Å². The monoisotopic (exact) mass is 316 g/mol. The fourth-order valence-electron chi connectivity index (χ4n) is 1.53. The van der Waals surface area contributed by atoms with Gasteiger partial charge in [0, 0.05) is 6.42 Å². The molecule has 0 radical (unpaired) electrons. The summed E-state index contributed by atoms with van der Waals surface area (Å²) in [5, 5.41) is 23.7. The molecule has 0 spiro atoms. The van der Waals surface area contributed by atoms with Crippen molar-refractivity contribution in [2.45, 2.75) is 19.0 Å². The number of hydrogen-bond acceptors (Lipinski definition) is 6. The zero-order chi connectivity index (χ0) is 14.8. The van der Waals surface area contributed by atoms with Crippen LogP contribution in [0.4, 0.5) is 0 Å². The summed E-state index contributed by atoms with van der Waals surface area (Å²) in [5.74, 6) is -1.02. The number of halogens is 2. The van der Waals surface area contributed by atoms with Gasteiger partial charge in [-0.25, -0.2) is 4.79 Å². The van der Waals surface area contributed by atoms with Crippen molar-refractivity contribution >= 4 is 29.2 Å². The summed E-state index contributed by atoms with van der Waals surface area (Å²) in [7, 11) is 0. The van der Waals surface area contributed by atoms with Gasteiger partial charge in [-0.05, 0) is 29.5 Å². The number of aromatic carboxylic acids is 1. The van der Waals surface area contributed by atoms with E-state index in [1.807, 2.05) is 0 Å². The molecule has 0 unspecified atom stereocenters. The Labute approximate surface area is 124 Å². The summed E-state index contributed by atoms with van der Waals surface area (Å²) in [6.07, 6.45) is 0.407. The highest BCUT2D eigenvalue weighted by atomic mass is 35.5. The van der Waals surface area contributed by atoms with E-state index >= 15 is 0 Å². The molecule has 0 bridgehead atoms. The maximum absolute atomic E-state index is 11.0. The van der Waals surface area contributed by atoms with Gasteiger partial charge in [0.15, 0.2) is 11.4 Å². The Bertz CT molecular complexity index is 592. The second-order valence-corrected chi connectivity index (χ2v) is 5.02. The fourth-order valence-corrected chi connectivity index (χ4v) is 2.09. The SMILES string of the molecule is CC1(CCOc2c(Cl)ccc(C(=O)O)c2Cl)N=NN=N1. The van der Waals surface area contributed by atoms with Crippen LogP contribution in [0.3, 0.4) is 0 Å². The third kappa shape index (κ3) is 3.05. The Morgan fingerprint density at radius 1 is 1.35 bits per heavy atom. The average molecular weight is 317 g/mol. The molecule has 1 heterocycles. The third-order valence-corrected chi connectivity index (χ3v) is 3.33. The van der Waals surface area contributed by atoms with Gasteiger partial charge in [-0.1, -0.05) is 23.2 Å². The average Bonchev–Trinajstić information content (AvgIpc) is 2.80. The van der Waals surface area contributed by atoms with E-state index < -0.39 is 11.6 Å². The molecule has 1 aliphatic heterocycles. The lowest BCUT2D eigenvalue weighted by Crippen LogP contribution is -2.19. The van der Waals surface area contributed by atoms with Gasteiger partial charge in [0.1, 0.15) is 0 Å². The first-order chi connectivity index (χ1) is 9.43. The van der Waals surface area contributed by atoms with E-state index in [0.29, 0.717) is 6.42 Å². The first kappa shape index (κ1) is 14.7. The summed E-state index contributed by atoms with van der Waals surface area (Å²) in [6.45, 7) is 1.93. The molecule has 1 N–H and O–H groups in total. The van der Waals surface area contributed by atoms with Gasteiger partial charge in [0.05, 0.1) is 22.2 Å². The largest absolute Gasteiger partial charge is 0.490 e. The van der Waals surface area contributed by atoms with Crippen molar-refractivity contribution in [3.05, 3.63) is 27.7 Å². The molecule has 0 saturated carbocycles. The van der Waals surface area contributed by atoms with Crippen LogP contribution < -0.4 is 4.74 Å². The van der Waals surface area contributed by atoms with Crippen molar-refractivity contribution < 1.29 is 14.6 Å². The summed E-state index contributed by atoms with van der Waals surface area (Å²) in [4.78, 5) is 11.0. The van der Waals surface area contributed by atoms with Crippen LogP contribution in [0.15, 0.2) is 32.8 Å². The van der Waals surface area contributed by atoms with Crippen molar-refractivity contribution in [1.29, 1.82) is 0 Å². The first-order valence-corrected chi connectivity index (χ1v) is 6.37. The Kier molecular flexibility index (Phi) is 4.20. The number of rotatable bonds is 5. The smallest absolute Gasteiger partial charge is 0.337 e. The molecule has 0 atom stereocenters. The number of hydrogen-bond donors (Lipinski definition) is 1. The van der Waals surface area contributed by atoms with Gasteiger partial charge < -0.3 is 9.84 Å². The lowest BCUT2D eigenvalue weighted by Gasteiger charge is -2.15. The number of ether oxygens (including phenoxy) is 1. The minimum atomic E-state index is -1.15. The van der Waals surface area contributed by atoms with Crippen LogP contribution in [0.1, 0.15) is 23.7 Å². The van der Waals surface area contributed by atoms with E-state index in [-0.39, 0.29) is 28.0 Å². The minimum absolute atomic E-state index is 0.0372. The van der Waals surface area contributed by atoms with Crippen molar-refractivity contribution in [3.63, 3.8) is 0 Å². The normalized spacial score (nSPS) is 15.6. The Morgan fingerprint density at radius 2 is 2.00 bits per heavy atom. The van der Waals surface area contributed by atoms with Crippen molar-refractivity contribution in [3.8, 4) is 5.75 Å². The lowest BCUT2D eigenvalue weighted by atomic mass is 10.1. The van der Waals surface area contributed by atoms with Crippen molar-refractivity contribution in [1.82, 2.24) is 0 Å². The van der Waals surface area contributed by atoms with Crippen LogP contribution in [0.25, 0.3) is 0 Å². The topological polar surface area (TPSA) is 96.0 Å². The summed E-state index contributed by atoms with van der Waals surface area (Å²) in [5.41, 5.74) is -0.832. The summed E-state index contributed by atoms with van der Waals surface area (Å²) >= 11 is 11.9. The predicted octanol–water partition coefficient (Wildman–Crippen LogP) is 4.01. The van der Waals surface area contributed by atoms with Crippen LogP contribution >= 0.6 is 23.2 Å². The predicted molar refractivity (Wildman–Crippen MR) is 71.7 cm³/mol. The van der Waals surface area contributed by atoms with Crippen molar-refractivity contribution in [2.24, 2.45) is 20.7 Å². The highest BCUT2D eigenvalue weighted by molar-refractivity contribution is 6.39. The van der Waals surface area contributed by atoms with E-state index in [4.69, 9.17) is 33.0 Å². The van der Waals surface area contributed by atoms with Gasteiger partial charge >= 0.3 is 5.97 Å². The highest BCUT2D eigenvalue weighted by Crippen LogP contribution is 2.36. The van der Waals surface area contributed by atoms with Crippen LogP contribution in [-0.2, 0) is 0 Å². The molecule has 0 amide bonds. The molecule has 7 nitrogen and oxygen atoms in total. The number of carbonyl (C=O) groups is 1. The van der Waals surface area contributed by atoms with Crippen molar-refractivity contribution in [2.75, 3.05) is 6.61 Å². The maximum atomic E-state index is 11.0. The van der Waals surface area contributed by atoms with Crippen LogP contribution in [-0.4, -0.2) is 23.3 Å². The van der Waals surface area contributed by atoms with Gasteiger partial charge in [-0.3, -0.25) is 0 Å². The zero-order valence-electron chi connectivity index (χ0n) is 10.4. The minimum Gasteiger partial charge on any atom is -0.490 e. The highest BCUT2D eigenvalue weighted by Gasteiger charge is 2.27. The second kappa shape index (κ2) is 5.72. The van der Waals surface area contributed by atoms with Gasteiger partial charge in [0.25, 0.3) is 0 Å². The van der Waals surface area contributed by atoms with Gasteiger partial charge in [-0.2, -0.15) is 0 Å². The molecule has 0 aromatic heterocycles. The number of nitrogens with zero attached hydrogens (tertiary/aromatic N) is 4. The maximum Gasteiger partial charge on any atom is 0.337 e. The van der Waals surface area contributed by atoms with E-state index in [0.717, 1.165) is 0 Å². The van der Waals surface area contributed by atoms with E-state index in [1.165, 1.54) is 12.1 Å². The standard InChI is InChI=1S/C11H10Cl2N4O3/c1-11(14-16-17-15-11)4-5-20-9-7(12)3-2-6(8(9)13)10(18)19/h2-3H,4-5H2,1H3,(H,18,19). The van der Waals surface area contributed by atoms with Gasteiger partial charge in [0.2, 0.25) is 0 Å². The quantitative estimate of drug-likeness (QED) is 0.888. The summed E-state index contributed by atoms with van der Waals surface area (Å²) < 4.78 is 5.45. The molecule has 20 heavy (non-hydrogen) atoms. The molecular formula is C11H10Cl2N4O3. The molecule has 106 valence electrons. The molecule has 2 rings (SSSR count). The lowest BCUT2D eigenvalue weighted by molar-refractivity contribution is 0.0696. The van der Waals surface area contributed by atoms with E-state index in [9.17, 15) is 4.79 Å². The van der Waals surface area contributed by atoms with E-state index in [1.54, 1.807) is 6.92 Å². The van der Waals surface area contributed by atoms with Crippen LogP contribution in [0, 0.1) is 0 Å². The zero-order valence-corrected chi connectivity index (χ0v) is 11.9. The molecule has 0 saturated heterocycles.